The van der Waals surface area contributed by atoms with Crippen LogP contribution in [0.1, 0.15) is 37.8 Å². The van der Waals surface area contributed by atoms with Crippen LogP contribution in [0.25, 0.3) is 28.0 Å². The molecule has 2 aromatic heterocycles. The molecule has 4 heterocycles. The molecule has 0 aliphatic carbocycles. The molecule has 9 nitrogen and oxygen atoms in total. The molecule has 0 unspecified atom stereocenters. The van der Waals surface area contributed by atoms with Gasteiger partial charge >= 0.3 is 5.69 Å². The predicted octanol–water partition coefficient (Wildman–Crippen LogP) is 4.63. The molecule has 1 fully saturated rings. The fraction of sp³-hybridized carbons (Fsp3) is 0.324. The highest BCUT2D eigenvalue weighted by atomic mass is 19.1. The molecule has 45 heavy (non-hydrogen) atoms. The monoisotopic (exact) mass is 612 g/mol. The highest BCUT2D eigenvalue weighted by molar-refractivity contribution is 5.94. The van der Waals surface area contributed by atoms with E-state index in [1.54, 1.807) is 22.9 Å². The maximum atomic E-state index is 16.2. The summed E-state index contributed by atoms with van der Waals surface area (Å²) in [7, 11) is 1.76. The van der Waals surface area contributed by atoms with Crippen molar-refractivity contribution in [2.45, 2.75) is 39.2 Å². The second-order valence-corrected chi connectivity index (χ2v) is 12.0. The van der Waals surface area contributed by atoms with E-state index >= 15 is 8.78 Å². The van der Waals surface area contributed by atoms with Crippen LogP contribution in [0, 0.1) is 11.6 Å². The Kier molecular flexibility index (Phi) is 7.72. The number of Topliss-reactive ketones (excluding diaryl/α,β-unsaturated/α-hetero) is 1. The van der Waals surface area contributed by atoms with Gasteiger partial charge in [-0.05, 0) is 48.2 Å². The molecule has 2 bridgehead atoms. The van der Waals surface area contributed by atoms with E-state index in [9.17, 15) is 14.4 Å². The van der Waals surface area contributed by atoms with Crippen molar-refractivity contribution in [3.63, 3.8) is 0 Å². The molecule has 0 radical (unpaired) electrons. The van der Waals surface area contributed by atoms with Gasteiger partial charge in [0, 0.05) is 44.7 Å². The SMILES string of the molecule is C=CC(=O)N1CCN(c2nc(=O)n3c4nc(c(F)cc24)-c2c(F)cccc2CC(=O)CN(C)c2cccc(C(C)C)c2-3)[C@@H](C)C1. The molecule has 0 spiro atoms. The summed E-state index contributed by atoms with van der Waals surface area (Å²) in [6.07, 6.45) is 1.13. The third-order valence-electron chi connectivity index (χ3n) is 8.63. The second kappa shape index (κ2) is 11.5. The molecule has 1 amide bonds. The summed E-state index contributed by atoms with van der Waals surface area (Å²) in [6.45, 7) is 10.5. The largest absolute Gasteiger partial charge is 0.366 e. The summed E-state index contributed by atoms with van der Waals surface area (Å²) in [5.41, 5.74) is 1.23. The predicted molar refractivity (Wildman–Crippen MR) is 170 cm³/mol. The Morgan fingerprint density at radius 3 is 2.53 bits per heavy atom. The maximum Gasteiger partial charge on any atom is 0.355 e. The lowest BCUT2D eigenvalue weighted by molar-refractivity contribution is -0.126. The van der Waals surface area contributed by atoms with Gasteiger partial charge in [0.1, 0.15) is 23.1 Å². The van der Waals surface area contributed by atoms with E-state index in [0.717, 1.165) is 5.56 Å². The lowest BCUT2D eigenvalue weighted by Gasteiger charge is -2.40. The topological polar surface area (TPSA) is 91.6 Å². The van der Waals surface area contributed by atoms with E-state index in [1.807, 2.05) is 43.9 Å². The van der Waals surface area contributed by atoms with Crippen molar-refractivity contribution in [3.8, 4) is 16.9 Å². The fourth-order valence-electron chi connectivity index (χ4n) is 6.47. The summed E-state index contributed by atoms with van der Waals surface area (Å²) in [5.74, 6) is -1.76. The summed E-state index contributed by atoms with van der Waals surface area (Å²) < 4.78 is 33.1. The Bertz CT molecular complexity index is 1940. The van der Waals surface area contributed by atoms with Gasteiger partial charge in [0.25, 0.3) is 0 Å². The minimum Gasteiger partial charge on any atom is -0.366 e. The van der Waals surface area contributed by atoms with Crippen LogP contribution >= 0.6 is 0 Å². The number of carbonyl (C=O) groups excluding carboxylic acids is 2. The number of nitrogens with zero attached hydrogens (tertiary/aromatic N) is 6. The van der Waals surface area contributed by atoms with Crippen molar-refractivity contribution in [1.82, 2.24) is 19.4 Å². The number of ketones is 1. The van der Waals surface area contributed by atoms with E-state index in [0.29, 0.717) is 36.6 Å². The van der Waals surface area contributed by atoms with Gasteiger partial charge in [-0.3, -0.25) is 9.59 Å². The number of amides is 1. The molecule has 2 aliphatic rings. The average molecular weight is 613 g/mol. The molecule has 1 atom stereocenters. The number of benzene rings is 2. The minimum absolute atomic E-state index is 0.0248. The first-order valence-corrected chi connectivity index (χ1v) is 14.9. The van der Waals surface area contributed by atoms with Crippen LogP contribution in [0.2, 0.25) is 0 Å². The number of para-hydroxylation sites is 1. The van der Waals surface area contributed by atoms with Gasteiger partial charge in [0.2, 0.25) is 5.91 Å². The fourth-order valence-corrected chi connectivity index (χ4v) is 6.47. The summed E-state index contributed by atoms with van der Waals surface area (Å²) in [4.78, 5) is 54.4. The Morgan fingerprint density at radius 2 is 1.82 bits per heavy atom. The molecule has 232 valence electrons. The number of halogens is 2. The number of likely N-dealkylation sites (N-methyl/N-ethyl adjacent to an activating group) is 1. The quantitative estimate of drug-likeness (QED) is 0.312. The highest BCUT2D eigenvalue weighted by Gasteiger charge is 2.32. The first-order valence-electron chi connectivity index (χ1n) is 14.9. The van der Waals surface area contributed by atoms with Gasteiger partial charge in [-0.1, -0.05) is 44.7 Å². The van der Waals surface area contributed by atoms with Crippen LogP contribution in [-0.4, -0.2) is 70.4 Å². The first kappa shape index (κ1) is 30.1. The van der Waals surface area contributed by atoms with Crippen molar-refractivity contribution in [2.75, 3.05) is 43.0 Å². The zero-order valence-electron chi connectivity index (χ0n) is 25.7. The van der Waals surface area contributed by atoms with Gasteiger partial charge in [-0.2, -0.15) is 4.98 Å². The average Bonchev–Trinajstić information content (AvgIpc) is 3.00. The number of piperazine rings is 1. The Hall–Kier alpha value is -4.93. The molecule has 2 aromatic carbocycles. The lowest BCUT2D eigenvalue weighted by Crippen LogP contribution is -2.54. The number of fused-ring (bicyclic) bond motifs is 5. The Morgan fingerprint density at radius 1 is 1.07 bits per heavy atom. The van der Waals surface area contributed by atoms with Crippen LogP contribution in [0.5, 0.6) is 0 Å². The van der Waals surface area contributed by atoms with Crippen LogP contribution in [0.3, 0.4) is 0 Å². The van der Waals surface area contributed by atoms with Crippen molar-refractivity contribution in [2.24, 2.45) is 0 Å². The van der Waals surface area contributed by atoms with E-state index < -0.39 is 17.3 Å². The van der Waals surface area contributed by atoms with Gasteiger partial charge in [0.05, 0.1) is 23.3 Å². The molecular formula is C34H34F2N6O3. The lowest BCUT2D eigenvalue weighted by atomic mass is 9.96. The Balaban J connectivity index is 1.72. The molecule has 6 rings (SSSR count). The molecule has 2 aliphatic heterocycles. The molecular weight excluding hydrogens is 578 g/mol. The zero-order chi connectivity index (χ0) is 32.2. The second-order valence-electron chi connectivity index (χ2n) is 12.0. The normalized spacial score (nSPS) is 16.8. The highest BCUT2D eigenvalue weighted by Crippen LogP contribution is 2.38. The summed E-state index contributed by atoms with van der Waals surface area (Å²) in [6, 6.07) is 10.8. The van der Waals surface area contributed by atoms with Crippen molar-refractivity contribution in [1.29, 1.82) is 0 Å². The van der Waals surface area contributed by atoms with Gasteiger partial charge in [-0.15, -0.1) is 0 Å². The van der Waals surface area contributed by atoms with E-state index in [2.05, 4.69) is 11.6 Å². The van der Waals surface area contributed by atoms with Crippen molar-refractivity contribution in [3.05, 3.63) is 88.4 Å². The third-order valence-corrected chi connectivity index (χ3v) is 8.63. The zero-order valence-corrected chi connectivity index (χ0v) is 25.7. The number of rotatable bonds is 3. The van der Waals surface area contributed by atoms with Gasteiger partial charge in [-0.25, -0.2) is 23.1 Å². The summed E-state index contributed by atoms with van der Waals surface area (Å²) in [5, 5.41) is 0.268. The number of anilines is 2. The number of aromatic nitrogens is 3. The molecule has 0 saturated carbocycles. The molecule has 0 N–H and O–H groups in total. The number of pyridine rings is 1. The minimum atomic E-state index is -0.811. The van der Waals surface area contributed by atoms with E-state index in [4.69, 9.17) is 4.98 Å². The Labute approximate surface area is 259 Å². The maximum absolute atomic E-state index is 16.2. The van der Waals surface area contributed by atoms with Gasteiger partial charge in [0.15, 0.2) is 11.4 Å². The van der Waals surface area contributed by atoms with Crippen LogP contribution in [0.15, 0.2) is 59.9 Å². The summed E-state index contributed by atoms with van der Waals surface area (Å²) >= 11 is 0. The number of carbonyl (C=O) groups is 2. The van der Waals surface area contributed by atoms with Crippen LogP contribution in [-0.2, 0) is 16.0 Å². The van der Waals surface area contributed by atoms with E-state index in [-0.39, 0.29) is 64.7 Å². The molecule has 4 aromatic rings. The standard InChI is InChI=1S/C34H34F2N6O3/c1-6-28(44)40-13-14-41(20(4)17-40)32-24-16-26(36)30-29-21(9-7-11-25(29)35)15-22(43)18-39(5)27-12-8-10-23(19(2)3)31(27)42(33(24)37-30)34(45)38-32/h6-12,16,19-20H,1,13-15,17-18H2,2-5H3/t20-/m0/s1. The van der Waals surface area contributed by atoms with Gasteiger partial charge < -0.3 is 14.7 Å². The third kappa shape index (κ3) is 5.15. The smallest absolute Gasteiger partial charge is 0.355 e. The van der Waals surface area contributed by atoms with Crippen LogP contribution in [0.4, 0.5) is 20.3 Å². The number of hydrogen-bond acceptors (Lipinski definition) is 7. The van der Waals surface area contributed by atoms with Crippen molar-refractivity contribution >= 4 is 34.2 Å². The number of hydrogen-bond donors (Lipinski definition) is 0. The first-order chi connectivity index (χ1) is 21.5. The molecule has 11 heteroatoms. The van der Waals surface area contributed by atoms with Crippen molar-refractivity contribution < 1.29 is 18.4 Å². The van der Waals surface area contributed by atoms with E-state index in [1.165, 1.54) is 28.8 Å². The molecule has 1 saturated heterocycles. The van der Waals surface area contributed by atoms with Crippen LogP contribution < -0.4 is 15.5 Å².